The highest BCUT2D eigenvalue weighted by Crippen LogP contribution is 2.34. The quantitative estimate of drug-likeness (QED) is 0.149. The number of benzene rings is 2. The first-order chi connectivity index (χ1) is 27.6. The van der Waals surface area contributed by atoms with Crippen LogP contribution in [0.4, 0.5) is 15.3 Å². The number of hydrogen-bond acceptors (Lipinski definition) is 8. The van der Waals surface area contributed by atoms with E-state index in [-0.39, 0.29) is 41.1 Å². The number of nitrogens with zero attached hydrogens (tertiary/aromatic N) is 4. The molecule has 0 radical (unpaired) electrons. The highest BCUT2D eigenvalue weighted by Gasteiger charge is 2.37. The van der Waals surface area contributed by atoms with Gasteiger partial charge >= 0.3 is 18.1 Å². The zero-order valence-electron chi connectivity index (χ0n) is 33.9. The number of para-hydroxylation sites is 1. The van der Waals surface area contributed by atoms with Crippen LogP contribution in [0.2, 0.25) is 5.02 Å². The molecule has 0 unspecified atom stereocenters. The maximum Gasteiger partial charge on any atom is 0.410 e. The molecule has 0 bridgehead atoms. The van der Waals surface area contributed by atoms with Crippen molar-refractivity contribution in [1.82, 2.24) is 19.6 Å². The van der Waals surface area contributed by atoms with Crippen molar-refractivity contribution < 1.29 is 33.8 Å². The van der Waals surface area contributed by atoms with Gasteiger partial charge in [0.15, 0.2) is 6.10 Å². The lowest BCUT2D eigenvalue weighted by atomic mass is 9.78. The van der Waals surface area contributed by atoms with Gasteiger partial charge in [0.2, 0.25) is 0 Å². The summed E-state index contributed by atoms with van der Waals surface area (Å²) < 4.78 is 11.5. The number of phenols is 1. The topological polar surface area (TPSA) is 132 Å². The summed E-state index contributed by atoms with van der Waals surface area (Å²) in [5, 5.41) is 13.5. The number of halogens is 1. The number of anilines is 1. The number of esters is 1. The molecule has 0 aliphatic carbocycles. The molecular weight excluding hydrogens is 746 g/mol. The maximum absolute atomic E-state index is 14.2. The van der Waals surface area contributed by atoms with Crippen molar-refractivity contribution in [2.45, 2.75) is 109 Å². The molecule has 4 aliphatic rings. The lowest BCUT2D eigenvalue weighted by molar-refractivity contribution is -0.144. The number of aryl methyl sites for hydroxylation is 1. The first-order valence-corrected chi connectivity index (χ1v) is 21.7. The Balaban J connectivity index is 0.990. The summed E-state index contributed by atoms with van der Waals surface area (Å²) in [6, 6.07) is 11.1. The molecule has 0 spiro atoms. The van der Waals surface area contributed by atoms with E-state index in [9.17, 15) is 24.3 Å². The molecule has 57 heavy (non-hydrogen) atoms. The number of carbonyl (C=O) groups excluding carboxylic acids is 4. The SMILES string of the molecule is CCCCCCOC(=O)CCN1CCC(C2CCN(C(=O)[C@@H](Cc3cc(C)c(O)c(Cl)c3)OC(=O)N3CCC(N4CCc5ccccc5NC4=O)CC3)CC2)CC1. The Hall–Kier alpha value is -4.03. The Morgan fingerprint density at radius 2 is 1.58 bits per heavy atom. The molecule has 3 saturated heterocycles. The van der Waals surface area contributed by atoms with Gasteiger partial charge in [0.05, 0.1) is 18.1 Å². The number of likely N-dealkylation sites (tertiary alicyclic amines) is 3. The van der Waals surface area contributed by atoms with Gasteiger partial charge in [-0.25, -0.2) is 9.59 Å². The van der Waals surface area contributed by atoms with Gasteiger partial charge < -0.3 is 39.5 Å². The molecule has 3 fully saturated rings. The summed E-state index contributed by atoms with van der Waals surface area (Å²) in [6.07, 6.45) is 9.32. The third-order valence-corrected chi connectivity index (χ3v) is 12.9. The molecule has 4 aliphatic heterocycles. The molecule has 4 heterocycles. The zero-order valence-corrected chi connectivity index (χ0v) is 34.6. The summed E-state index contributed by atoms with van der Waals surface area (Å²) in [6.45, 7) is 9.76. The van der Waals surface area contributed by atoms with Gasteiger partial charge in [-0.05, 0) is 112 Å². The van der Waals surface area contributed by atoms with Crippen LogP contribution >= 0.6 is 11.6 Å². The summed E-state index contributed by atoms with van der Waals surface area (Å²) in [4.78, 5) is 61.0. The van der Waals surface area contributed by atoms with Gasteiger partial charge in [-0.1, -0.05) is 62.1 Å². The molecule has 2 aromatic carbocycles. The van der Waals surface area contributed by atoms with Gasteiger partial charge in [-0.2, -0.15) is 0 Å². The standard InChI is InChI=1S/C44H62ClN5O7/c1-3-4-5-8-27-56-40(51)18-21-47-19-11-33(12-20-47)34-13-22-48(23-14-34)42(53)39(30-32-28-31(2)41(52)37(45)29-32)57-44(55)49-24-16-36(17-25-49)50-26-15-35-9-6-7-10-38(35)46-43(50)54/h6-7,9-10,28-29,33-34,36,39,52H,3-5,8,11-27,30H2,1-2H3,(H,46,54)/t39-/m1/s1. The number of phenolic OH excluding ortho intramolecular Hbond substituents is 1. The van der Waals surface area contributed by atoms with Crippen molar-refractivity contribution in [3.63, 3.8) is 0 Å². The molecule has 12 nitrogen and oxygen atoms in total. The lowest BCUT2D eigenvalue weighted by Gasteiger charge is -2.41. The Labute approximate surface area is 343 Å². The minimum atomic E-state index is -1.05. The largest absolute Gasteiger partial charge is 0.506 e. The maximum atomic E-state index is 14.2. The van der Waals surface area contributed by atoms with Crippen LogP contribution < -0.4 is 5.32 Å². The smallest absolute Gasteiger partial charge is 0.410 e. The van der Waals surface area contributed by atoms with E-state index in [1.165, 1.54) is 6.42 Å². The number of rotatable bonds is 14. The van der Waals surface area contributed by atoms with E-state index in [1.807, 2.05) is 34.1 Å². The second-order valence-electron chi connectivity index (χ2n) is 16.4. The summed E-state index contributed by atoms with van der Waals surface area (Å²) in [7, 11) is 0. The van der Waals surface area contributed by atoms with Gasteiger partial charge in [-0.3, -0.25) is 9.59 Å². The van der Waals surface area contributed by atoms with Crippen LogP contribution in [0, 0.1) is 18.8 Å². The van der Waals surface area contributed by atoms with E-state index >= 15 is 0 Å². The van der Waals surface area contributed by atoms with Crippen LogP contribution in [-0.4, -0.2) is 120 Å². The van der Waals surface area contributed by atoms with Crippen LogP contribution in [0.5, 0.6) is 5.75 Å². The normalized spacial score (nSPS) is 19.4. The lowest BCUT2D eigenvalue weighted by Crippen LogP contribution is -2.52. The molecule has 1 atom stereocenters. The Morgan fingerprint density at radius 1 is 0.895 bits per heavy atom. The number of fused-ring (bicyclic) bond motifs is 1. The number of amides is 4. The fourth-order valence-corrected chi connectivity index (χ4v) is 9.38. The van der Waals surface area contributed by atoms with Crippen LogP contribution in [0.1, 0.15) is 94.2 Å². The van der Waals surface area contributed by atoms with Crippen molar-refractivity contribution in [1.29, 1.82) is 0 Å². The second kappa shape index (κ2) is 20.6. The Bertz CT molecular complexity index is 1660. The third-order valence-electron chi connectivity index (χ3n) is 12.6. The van der Waals surface area contributed by atoms with Gasteiger partial charge in [0, 0.05) is 57.4 Å². The molecule has 2 N–H and O–H groups in total. The molecule has 13 heteroatoms. The van der Waals surface area contributed by atoms with E-state index in [0.29, 0.717) is 81.6 Å². The minimum Gasteiger partial charge on any atom is -0.506 e. The van der Waals surface area contributed by atoms with Gasteiger partial charge in [0.1, 0.15) is 5.75 Å². The number of unbranched alkanes of at least 4 members (excludes halogenated alkanes) is 3. The number of ether oxygens (including phenoxy) is 2. The average Bonchev–Trinajstić information content (AvgIpc) is 3.39. The van der Waals surface area contributed by atoms with E-state index < -0.39 is 12.2 Å². The molecule has 0 aromatic heterocycles. The number of carbonyl (C=O) groups is 4. The first kappa shape index (κ1) is 42.6. The molecule has 0 saturated carbocycles. The minimum absolute atomic E-state index is 0.00583. The molecule has 2 aromatic rings. The van der Waals surface area contributed by atoms with Gasteiger partial charge in [0.25, 0.3) is 5.91 Å². The zero-order chi connectivity index (χ0) is 40.3. The van der Waals surface area contributed by atoms with E-state index in [1.54, 1.807) is 24.0 Å². The first-order valence-electron chi connectivity index (χ1n) is 21.4. The Kier molecular flexibility index (Phi) is 15.4. The van der Waals surface area contributed by atoms with Gasteiger partial charge in [-0.15, -0.1) is 0 Å². The van der Waals surface area contributed by atoms with Crippen LogP contribution in [-0.2, 0) is 31.9 Å². The summed E-state index contributed by atoms with van der Waals surface area (Å²) in [5.41, 5.74) is 3.25. The highest BCUT2D eigenvalue weighted by atomic mass is 35.5. The molecular formula is C44H62ClN5O7. The number of nitrogens with one attached hydrogen (secondary N) is 1. The van der Waals surface area contributed by atoms with Crippen LogP contribution in [0.25, 0.3) is 0 Å². The summed E-state index contributed by atoms with van der Waals surface area (Å²) >= 11 is 6.33. The number of aromatic hydroxyl groups is 1. The fraction of sp³-hybridized carbons (Fsp3) is 0.636. The monoisotopic (exact) mass is 807 g/mol. The Morgan fingerprint density at radius 3 is 2.28 bits per heavy atom. The predicted molar refractivity (Wildman–Crippen MR) is 220 cm³/mol. The van der Waals surface area contributed by atoms with Crippen LogP contribution in [0.3, 0.4) is 0 Å². The van der Waals surface area contributed by atoms with E-state index in [0.717, 1.165) is 82.3 Å². The van der Waals surface area contributed by atoms with Crippen molar-refractivity contribution in [2.75, 3.05) is 64.3 Å². The fourth-order valence-electron chi connectivity index (χ4n) is 9.09. The number of urea groups is 1. The van der Waals surface area contributed by atoms with Crippen molar-refractivity contribution in [2.24, 2.45) is 11.8 Å². The second-order valence-corrected chi connectivity index (χ2v) is 16.8. The van der Waals surface area contributed by atoms with Crippen molar-refractivity contribution >= 4 is 41.3 Å². The third kappa shape index (κ3) is 11.6. The van der Waals surface area contributed by atoms with Crippen molar-refractivity contribution in [3.8, 4) is 5.75 Å². The number of piperidine rings is 3. The molecule has 6 rings (SSSR count). The van der Waals surface area contributed by atoms with Crippen molar-refractivity contribution in [3.05, 3.63) is 58.1 Å². The van der Waals surface area contributed by atoms with E-state index in [4.69, 9.17) is 21.1 Å². The van der Waals surface area contributed by atoms with E-state index in [2.05, 4.69) is 17.1 Å². The highest BCUT2D eigenvalue weighted by molar-refractivity contribution is 6.32. The molecule has 4 amide bonds. The summed E-state index contributed by atoms with van der Waals surface area (Å²) in [5.74, 6) is 0.775. The predicted octanol–water partition coefficient (Wildman–Crippen LogP) is 7.42. The average molecular weight is 808 g/mol. The van der Waals surface area contributed by atoms with Crippen LogP contribution in [0.15, 0.2) is 36.4 Å². The number of hydrogen-bond donors (Lipinski definition) is 2. The molecule has 312 valence electrons.